The molecule has 18 heavy (non-hydrogen) atoms. The summed E-state index contributed by atoms with van der Waals surface area (Å²) in [5.41, 5.74) is 3.02. The number of thioether (sulfide) groups is 1. The highest BCUT2D eigenvalue weighted by Crippen LogP contribution is 2.29. The van der Waals surface area contributed by atoms with Gasteiger partial charge in [0.25, 0.3) is 0 Å². The Balaban J connectivity index is 2.23. The lowest BCUT2D eigenvalue weighted by Crippen LogP contribution is -2.15. The molecule has 2 rings (SSSR count). The number of nitrogens with zero attached hydrogens (tertiary/aromatic N) is 1. The third-order valence-electron chi connectivity index (χ3n) is 3.61. The summed E-state index contributed by atoms with van der Waals surface area (Å²) in [5.74, 6) is 1.31. The Morgan fingerprint density at radius 2 is 2.33 bits per heavy atom. The maximum atomic E-state index is 12.0. The minimum atomic E-state index is -0.445. The van der Waals surface area contributed by atoms with E-state index < -0.39 is 5.38 Å². The standard InChI is InChI=1S/C14H20ClNOS/c1-9-7-13(14(17)10(2)15)11(3)16(9)8-12-5-4-6-18-12/h7,10,12H,4-6,8H2,1-3H3. The smallest absolute Gasteiger partial charge is 0.182 e. The topological polar surface area (TPSA) is 22.0 Å². The summed E-state index contributed by atoms with van der Waals surface area (Å²) in [6.07, 6.45) is 2.61. The van der Waals surface area contributed by atoms with Crippen LogP contribution >= 0.6 is 23.4 Å². The van der Waals surface area contributed by atoms with Crippen molar-refractivity contribution < 1.29 is 4.79 Å². The van der Waals surface area contributed by atoms with E-state index in [1.165, 1.54) is 24.3 Å². The number of Topliss-reactive ketones (excluding diaryl/α,β-unsaturated/α-hetero) is 1. The van der Waals surface area contributed by atoms with Crippen molar-refractivity contribution >= 4 is 29.1 Å². The summed E-state index contributed by atoms with van der Waals surface area (Å²) in [4.78, 5) is 12.0. The van der Waals surface area contributed by atoms with Gasteiger partial charge in [-0.25, -0.2) is 0 Å². The normalized spacial score (nSPS) is 21.2. The second-order valence-corrected chi connectivity index (χ2v) is 7.07. The molecule has 0 spiro atoms. The zero-order chi connectivity index (χ0) is 13.3. The van der Waals surface area contributed by atoms with Crippen molar-refractivity contribution in [2.75, 3.05) is 5.75 Å². The van der Waals surface area contributed by atoms with Crippen molar-refractivity contribution in [2.24, 2.45) is 0 Å². The van der Waals surface area contributed by atoms with Crippen molar-refractivity contribution in [3.05, 3.63) is 23.0 Å². The fourth-order valence-electron chi connectivity index (χ4n) is 2.54. The number of rotatable bonds is 4. The second-order valence-electron chi connectivity index (χ2n) is 5.01. The SMILES string of the molecule is Cc1cc(C(=O)C(C)Cl)c(C)n1CC1CCCS1. The molecular formula is C14H20ClNOS. The van der Waals surface area contributed by atoms with Crippen molar-refractivity contribution in [1.29, 1.82) is 0 Å². The quantitative estimate of drug-likeness (QED) is 0.620. The third-order valence-corrected chi connectivity index (χ3v) is 5.19. The van der Waals surface area contributed by atoms with Gasteiger partial charge in [-0.2, -0.15) is 11.8 Å². The second kappa shape index (κ2) is 5.70. The zero-order valence-electron chi connectivity index (χ0n) is 11.2. The highest BCUT2D eigenvalue weighted by atomic mass is 35.5. The van der Waals surface area contributed by atoms with Gasteiger partial charge in [0.15, 0.2) is 5.78 Å². The van der Waals surface area contributed by atoms with Gasteiger partial charge in [-0.15, -0.1) is 11.6 Å². The molecule has 2 atom stereocenters. The van der Waals surface area contributed by atoms with Crippen LogP contribution in [0.15, 0.2) is 6.07 Å². The summed E-state index contributed by atoms with van der Waals surface area (Å²) in [5, 5.41) is 0.256. The van der Waals surface area contributed by atoms with Crippen LogP contribution in [-0.4, -0.2) is 26.7 Å². The van der Waals surface area contributed by atoms with Crippen molar-refractivity contribution in [1.82, 2.24) is 4.57 Å². The van der Waals surface area contributed by atoms with Gasteiger partial charge in [0.2, 0.25) is 0 Å². The molecule has 0 bridgehead atoms. The first kappa shape index (κ1) is 14.0. The van der Waals surface area contributed by atoms with Gasteiger partial charge < -0.3 is 4.57 Å². The lowest BCUT2D eigenvalue weighted by molar-refractivity contribution is 0.0991. The highest BCUT2D eigenvalue weighted by Gasteiger charge is 2.22. The summed E-state index contributed by atoms with van der Waals surface area (Å²) >= 11 is 7.95. The molecule has 0 saturated carbocycles. The van der Waals surface area contributed by atoms with Crippen LogP contribution < -0.4 is 0 Å². The number of hydrogen-bond acceptors (Lipinski definition) is 2. The molecule has 2 nitrogen and oxygen atoms in total. The van der Waals surface area contributed by atoms with Gasteiger partial charge in [-0.1, -0.05) is 0 Å². The largest absolute Gasteiger partial charge is 0.347 e. The number of alkyl halides is 1. The average molecular weight is 286 g/mol. The summed E-state index contributed by atoms with van der Waals surface area (Å²) < 4.78 is 2.27. The van der Waals surface area contributed by atoms with Crippen molar-refractivity contribution in [3.63, 3.8) is 0 Å². The molecule has 0 radical (unpaired) electrons. The van der Waals surface area contributed by atoms with E-state index in [-0.39, 0.29) is 5.78 Å². The molecule has 0 aliphatic carbocycles. The first-order valence-electron chi connectivity index (χ1n) is 6.47. The Morgan fingerprint density at radius 3 is 2.89 bits per heavy atom. The monoisotopic (exact) mass is 285 g/mol. The molecule has 4 heteroatoms. The van der Waals surface area contributed by atoms with Crippen LogP contribution in [0.1, 0.15) is 41.5 Å². The van der Waals surface area contributed by atoms with E-state index in [2.05, 4.69) is 11.5 Å². The lowest BCUT2D eigenvalue weighted by Gasteiger charge is -2.14. The Bertz CT molecular complexity index is 447. The number of ketones is 1. The molecule has 2 heterocycles. The van der Waals surface area contributed by atoms with E-state index in [1.807, 2.05) is 24.8 Å². The van der Waals surface area contributed by atoms with Crippen LogP contribution in [0, 0.1) is 13.8 Å². The van der Waals surface area contributed by atoms with E-state index in [1.54, 1.807) is 6.92 Å². The molecular weight excluding hydrogens is 266 g/mol. The first-order chi connectivity index (χ1) is 8.50. The van der Waals surface area contributed by atoms with Crippen LogP contribution in [0.3, 0.4) is 0 Å². The first-order valence-corrected chi connectivity index (χ1v) is 7.96. The molecule has 1 aromatic heterocycles. The van der Waals surface area contributed by atoms with Crippen molar-refractivity contribution in [2.45, 2.75) is 50.8 Å². The number of carbonyl (C=O) groups is 1. The Labute approximate surface area is 118 Å². The molecule has 1 saturated heterocycles. The molecule has 1 aliphatic rings. The number of hydrogen-bond donors (Lipinski definition) is 0. The number of aromatic nitrogens is 1. The molecule has 0 amide bonds. The van der Waals surface area contributed by atoms with Gasteiger partial charge in [0, 0.05) is 28.7 Å². The van der Waals surface area contributed by atoms with E-state index in [9.17, 15) is 4.79 Å². The van der Waals surface area contributed by atoms with Gasteiger partial charge in [-0.3, -0.25) is 4.79 Å². The molecule has 0 aromatic carbocycles. The maximum absolute atomic E-state index is 12.0. The average Bonchev–Trinajstić information content (AvgIpc) is 2.91. The van der Waals surface area contributed by atoms with Crippen LogP contribution in [0.5, 0.6) is 0 Å². The van der Waals surface area contributed by atoms with Gasteiger partial charge in [-0.05, 0) is 45.4 Å². The molecule has 2 unspecified atom stereocenters. The van der Waals surface area contributed by atoms with E-state index in [4.69, 9.17) is 11.6 Å². The Hall–Kier alpha value is -0.410. The Kier molecular flexibility index (Phi) is 4.44. The Morgan fingerprint density at radius 1 is 1.61 bits per heavy atom. The van der Waals surface area contributed by atoms with Crippen LogP contribution in [0.25, 0.3) is 0 Å². The van der Waals surface area contributed by atoms with Crippen molar-refractivity contribution in [3.8, 4) is 0 Å². The lowest BCUT2D eigenvalue weighted by atomic mass is 10.1. The summed E-state index contributed by atoms with van der Waals surface area (Å²) in [6.45, 7) is 6.86. The number of halogens is 1. The fourth-order valence-corrected chi connectivity index (χ4v) is 3.91. The number of aryl methyl sites for hydroxylation is 1. The molecule has 100 valence electrons. The molecule has 1 fully saturated rings. The van der Waals surface area contributed by atoms with E-state index in [0.29, 0.717) is 5.25 Å². The van der Waals surface area contributed by atoms with Gasteiger partial charge >= 0.3 is 0 Å². The van der Waals surface area contributed by atoms with E-state index >= 15 is 0 Å². The summed E-state index contributed by atoms with van der Waals surface area (Å²) in [7, 11) is 0. The van der Waals surface area contributed by atoms with Crippen LogP contribution in [0.4, 0.5) is 0 Å². The minimum Gasteiger partial charge on any atom is -0.347 e. The fraction of sp³-hybridized carbons (Fsp3) is 0.643. The highest BCUT2D eigenvalue weighted by molar-refractivity contribution is 8.00. The van der Waals surface area contributed by atoms with E-state index in [0.717, 1.165) is 17.8 Å². The molecule has 1 aliphatic heterocycles. The maximum Gasteiger partial charge on any atom is 0.182 e. The van der Waals surface area contributed by atoms with Crippen LogP contribution in [-0.2, 0) is 6.54 Å². The summed E-state index contributed by atoms with van der Waals surface area (Å²) in [6, 6.07) is 1.98. The minimum absolute atomic E-state index is 0.0371. The van der Waals surface area contributed by atoms with Crippen LogP contribution in [0.2, 0.25) is 0 Å². The van der Waals surface area contributed by atoms with Gasteiger partial charge in [0.1, 0.15) is 0 Å². The predicted molar refractivity (Wildman–Crippen MR) is 79.0 cm³/mol. The zero-order valence-corrected chi connectivity index (χ0v) is 12.8. The molecule has 0 N–H and O–H groups in total. The van der Waals surface area contributed by atoms with Gasteiger partial charge in [0.05, 0.1) is 5.38 Å². The predicted octanol–water partition coefficient (Wildman–Crippen LogP) is 3.81. The molecule has 1 aromatic rings. The number of carbonyl (C=O) groups excluding carboxylic acids is 1. The third kappa shape index (κ3) is 2.77.